The number of ether oxygens (including phenoxy) is 2. The predicted octanol–water partition coefficient (Wildman–Crippen LogP) is 4.64. The fraction of sp³-hybridized carbons (Fsp3) is 0.222. The van der Waals surface area contributed by atoms with Crippen molar-refractivity contribution in [2.75, 3.05) is 14.2 Å². The van der Waals surface area contributed by atoms with Gasteiger partial charge in [0, 0.05) is 29.1 Å². The van der Waals surface area contributed by atoms with E-state index in [-0.39, 0.29) is 0 Å². The summed E-state index contributed by atoms with van der Waals surface area (Å²) in [6, 6.07) is 13.1. The van der Waals surface area contributed by atoms with E-state index in [1.165, 1.54) is 7.11 Å². The van der Waals surface area contributed by atoms with Crippen molar-refractivity contribution in [1.29, 1.82) is 0 Å². The quantitative estimate of drug-likeness (QED) is 0.669. The summed E-state index contributed by atoms with van der Waals surface area (Å²) in [5.74, 6) is 0.552. The lowest BCUT2D eigenvalue weighted by molar-refractivity contribution is -0.0827. The number of rotatable bonds is 5. The third-order valence-corrected chi connectivity index (χ3v) is 4.42. The molecule has 0 fully saturated rings. The van der Waals surface area contributed by atoms with Crippen molar-refractivity contribution in [2.24, 2.45) is 0 Å². The summed E-state index contributed by atoms with van der Waals surface area (Å²) in [7, 11) is 3.01. The Morgan fingerprint density at radius 1 is 1.04 bits per heavy atom. The van der Waals surface area contributed by atoms with Crippen molar-refractivity contribution in [3.8, 4) is 5.75 Å². The lowest BCUT2D eigenvalue weighted by Crippen LogP contribution is -2.11. The second kappa shape index (κ2) is 7.03. The molecule has 0 bridgehead atoms. The van der Waals surface area contributed by atoms with Crippen LogP contribution in [0, 0.1) is 0 Å². The maximum atomic E-state index is 10.3. The van der Waals surface area contributed by atoms with Crippen LogP contribution in [0.1, 0.15) is 17.5 Å². The molecule has 1 unspecified atom stereocenters. The van der Waals surface area contributed by atoms with Crippen molar-refractivity contribution < 1.29 is 14.6 Å². The van der Waals surface area contributed by atoms with E-state index in [0.29, 0.717) is 28.0 Å². The molecule has 3 rings (SSSR count). The van der Waals surface area contributed by atoms with E-state index < -0.39 is 6.29 Å². The van der Waals surface area contributed by atoms with Gasteiger partial charge in [-0.05, 0) is 35.9 Å². The van der Waals surface area contributed by atoms with Crippen molar-refractivity contribution in [2.45, 2.75) is 12.8 Å². The molecule has 1 N–H and O–H groups in total. The van der Waals surface area contributed by atoms with Gasteiger partial charge in [-0.3, -0.25) is 0 Å². The maximum Gasteiger partial charge on any atom is 0.200 e. The summed E-state index contributed by atoms with van der Waals surface area (Å²) in [5.41, 5.74) is 2.49. The Balaban J connectivity index is 2.21. The van der Waals surface area contributed by atoms with Gasteiger partial charge in [0.1, 0.15) is 5.69 Å². The SMILES string of the molecule is COc1c(C(O)OC)n(Cc2ccc(Cl)cc2)c2ccc(Cl)cc12. The average molecular weight is 366 g/mol. The number of hydrogen-bond acceptors (Lipinski definition) is 3. The van der Waals surface area contributed by atoms with E-state index in [4.69, 9.17) is 32.7 Å². The predicted molar refractivity (Wildman–Crippen MR) is 96.0 cm³/mol. The van der Waals surface area contributed by atoms with E-state index in [1.54, 1.807) is 7.11 Å². The summed E-state index contributed by atoms with van der Waals surface area (Å²) >= 11 is 12.1. The van der Waals surface area contributed by atoms with Crippen LogP contribution in [0.3, 0.4) is 0 Å². The number of fused-ring (bicyclic) bond motifs is 1. The average Bonchev–Trinajstić information content (AvgIpc) is 2.88. The number of benzene rings is 2. The minimum atomic E-state index is -1.11. The van der Waals surface area contributed by atoms with Crippen molar-refractivity contribution in [3.05, 3.63) is 63.8 Å². The van der Waals surface area contributed by atoms with Gasteiger partial charge in [-0.1, -0.05) is 35.3 Å². The first-order valence-corrected chi connectivity index (χ1v) is 8.11. The Morgan fingerprint density at radius 2 is 1.71 bits per heavy atom. The highest BCUT2D eigenvalue weighted by Crippen LogP contribution is 2.38. The molecule has 1 aromatic heterocycles. The van der Waals surface area contributed by atoms with Crippen LogP contribution in [0.15, 0.2) is 42.5 Å². The highest BCUT2D eigenvalue weighted by molar-refractivity contribution is 6.31. The van der Waals surface area contributed by atoms with Crippen LogP contribution in [0.25, 0.3) is 10.9 Å². The van der Waals surface area contributed by atoms with E-state index in [0.717, 1.165) is 16.5 Å². The molecule has 24 heavy (non-hydrogen) atoms. The fourth-order valence-corrected chi connectivity index (χ4v) is 3.13. The van der Waals surface area contributed by atoms with Crippen LogP contribution in [0.4, 0.5) is 0 Å². The van der Waals surface area contributed by atoms with Gasteiger partial charge < -0.3 is 19.1 Å². The molecular formula is C18H17Cl2NO3. The molecule has 4 nitrogen and oxygen atoms in total. The molecule has 0 aliphatic carbocycles. The zero-order chi connectivity index (χ0) is 17.3. The standard InChI is InChI=1S/C18H17Cl2NO3/c1-23-17-14-9-13(20)7-8-15(14)21(16(17)18(22)24-2)10-11-3-5-12(19)6-4-11/h3-9,18,22H,10H2,1-2H3. The lowest BCUT2D eigenvalue weighted by Gasteiger charge is -2.15. The highest BCUT2D eigenvalue weighted by atomic mass is 35.5. The minimum Gasteiger partial charge on any atom is -0.494 e. The smallest absolute Gasteiger partial charge is 0.200 e. The van der Waals surface area contributed by atoms with Crippen LogP contribution in [-0.2, 0) is 11.3 Å². The first kappa shape index (κ1) is 17.1. The number of hydrogen-bond donors (Lipinski definition) is 1. The Kier molecular flexibility index (Phi) is 5.01. The second-order valence-corrected chi connectivity index (χ2v) is 6.25. The largest absolute Gasteiger partial charge is 0.494 e. The lowest BCUT2D eigenvalue weighted by atomic mass is 10.2. The van der Waals surface area contributed by atoms with Crippen LogP contribution in [0.2, 0.25) is 10.0 Å². The van der Waals surface area contributed by atoms with Gasteiger partial charge in [-0.25, -0.2) is 0 Å². The fourth-order valence-electron chi connectivity index (χ4n) is 2.83. The van der Waals surface area contributed by atoms with Gasteiger partial charge in [-0.15, -0.1) is 0 Å². The van der Waals surface area contributed by atoms with Gasteiger partial charge in [0.2, 0.25) is 0 Å². The highest BCUT2D eigenvalue weighted by Gasteiger charge is 2.24. The van der Waals surface area contributed by atoms with Gasteiger partial charge in [0.15, 0.2) is 12.0 Å². The molecule has 1 heterocycles. The Hall–Kier alpha value is -1.72. The third kappa shape index (κ3) is 3.10. The maximum absolute atomic E-state index is 10.3. The summed E-state index contributed by atoms with van der Waals surface area (Å²) in [4.78, 5) is 0. The summed E-state index contributed by atoms with van der Waals surface area (Å²) in [6.45, 7) is 0.536. The molecule has 126 valence electrons. The molecule has 0 aliphatic rings. The van der Waals surface area contributed by atoms with E-state index in [1.807, 2.05) is 47.0 Å². The number of nitrogens with zero attached hydrogens (tertiary/aromatic N) is 1. The molecule has 3 aromatic rings. The third-order valence-electron chi connectivity index (χ3n) is 3.93. The Labute approximate surface area is 150 Å². The normalized spacial score (nSPS) is 12.5. The van der Waals surface area contributed by atoms with E-state index >= 15 is 0 Å². The Morgan fingerprint density at radius 3 is 2.33 bits per heavy atom. The minimum absolute atomic E-state index is 0.536. The molecule has 0 radical (unpaired) electrons. The van der Waals surface area contributed by atoms with Gasteiger partial charge in [0.25, 0.3) is 0 Å². The topological polar surface area (TPSA) is 43.6 Å². The first-order valence-electron chi connectivity index (χ1n) is 7.36. The summed E-state index contributed by atoms with van der Waals surface area (Å²) < 4.78 is 12.6. The van der Waals surface area contributed by atoms with Crippen LogP contribution < -0.4 is 4.74 Å². The molecule has 0 aliphatic heterocycles. The Bertz CT molecular complexity index is 859. The zero-order valence-corrected chi connectivity index (χ0v) is 14.8. The van der Waals surface area contributed by atoms with Gasteiger partial charge in [-0.2, -0.15) is 0 Å². The van der Waals surface area contributed by atoms with Crippen LogP contribution >= 0.6 is 23.2 Å². The summed E-state index contributed by atoms with van der Waals surface area (Å²) in [5, 5.41) is 12.4. The van der Waals surface area contributed by atoms with Gasteiger partial charge in [0.05, 0.1) is 12.6 Å². The van der Waals surface area contributed by atoms with Crippen LogP contribution in [0.5, 0.6) is 5.75 Å². The molecule has 0 amide bonds. The van der Waals surface area contributed by atoms with E-state index in [9.17, 15) is 5.11 Å². The number of aliphatic hydroxyl groups excluding tert-OH is 1. The zero-order valence-electron chi connectivity index (χ0n) is 13.3. The summed E-state index contributed by atoms with van der Waals surface area (Å²) in [6.07, 6.45) is -1.11. The molecule has 1 atom stereocenters. The van der Waals surface area contributed by atoms with Crippen LogP contribution in [-0.4, -0.2) is 23.9 Å². The van der Waals surface area contributed by atoms with Crippen molar-refractivity contribution in [1.82, 2.24) is 4.57 Å². The molecular weight excluding hydrogens is 349 g/mol. The molecule has 0 saturated heterocycles. The van der Waals surface area contributed by atoms with E-state index in [2.05, 4.69) is 0 Å². The number of aliphatic hydroxyl groups is 1. The number of methoxy groups -OCH3 is 2. The van der Waals surface area contributed by atoms with Crippen molar-refractivity contribution >= 4 is 34.1 Å². The van der Waals surface area contributed by atoms with Crippen molar-refractivity contribution in [3.63, 3.8) is 0 Å². The molecule has 6 heteroatoms. The number of halogens is 2. The molecule has 0 spiro atoms. The molecule has 2 aromatic carbocycles. The monoisotopic (exact) mass is 365 g/mol. The number of aromatic nitrogens is 1. The van der Waals surface area contributed by atoms with Gasteiger partial charge >= 0.3 is 0 Å². The second-order valence-electron chi connectivity index (χ2n) is 5.38. The first-order chi connectivity index (χ1) is 11.5. The molecule has 0 saturated carbocycles.